The van der Waals surface area contributed by atoms with Crippen LogP contribution >= 0.6 is 0 Å². The number of carbonyl (C=O) groups excluding carboxylic acids is 1. The maximum Gasteiger partial charge on any atom is 0.344 e. The first-order valence-corrected chi connectivity index (χ1v) is 4.18. The molecule has 3 nitrogen and oxygen atoms in total. The van der Waals surface area contributed by atoms with E-state index in [1.54, 1.807) is 13.8 Å². The zero-order valence-corrected chi connectivity index (χ0v) is 7.92. The minimum absolute atomic E-state index is 0.0798. The lowest BCUT2D eigenvalue weighted by Gasteiger charge is -2.24. The Hall–Kier alpha value is -0.900. The molecule has 0 fully saturated rings. The minimum atomic E-state index is -2.06. The van der Waals surface area contributed by atoms with Crippen LogP contribution in [0, 0.1) is 0 Å². The van der Waals surface area contributed by atoms with E-state index >= 15 is 0 Å². The second-order valence-corrected chi connectivity index (χ2v) is 2.66. The van der Waals surface area contributed by atoms with Crippen molar-refractivity contribution in [1.29, 1.82) is 0 Å². The number of alkyl halides is 1. The van der Waals surface area contributed by atoms with Gasteiger partial charge in [-0.1, -0.05) is 13.0 Å². The Labute approximate surface area is 77.2 Å². The highest BCUT2D eigenvalue weighted by atomic mass is 19.1. The summed E-state index contributed by atoms with van der Waals surface area (Å²) in [6.45, 7) is 6.50. The fourth-order valence-electron chi connectivity index (χ4n) is 0.847. The quantitative estimate of drug-likeness (QED) is 0.523. The highest BCUT2D eigenvalue weighted by Gasteiger charge is 2.38. The number of esters is 1. The zero-order valence-electron chi connectivity index (χ0n) is 7.92. The largest absolute Gasteiger partial charge is 0.464 e. The van der Waals surface area contributed by atoms with Crippen molar-refractivity contribution in [1.82, 2.24) is 0 Å². The molecule has 0 aromatic carbocycles. The van der Waals surface area contributed by atoms with E-state index in [1.165, 1.54) is 0 Å². The average molecular weight is 190 g/mol. The summed E-state index contributed by atoms with van der Waals surface area (Å²) in [7, 11) is 0. The summed E-state index contributed by atoms with van der Waals surface area (Å²) in [6, 6.07) is 0. The van der Waals surface area contributed by atoms with E-state index < -0.39 is 17.7 Å². The zero-order chi connectivity index (χ0) is 10.5. The van der Waals surface area contributed by atoms with Gasteiger partial charge in [0.1, 0.15) is 5.60 Å². The lowest BCUT2D eigenvalue weighted by molar-refractivity contribution is -0.157. The van der Waals surface area contributed by atoms with Crippen molar-refractivity contribution in [3.8, 4) is 0 Å². The van der Waals surface area contributed by atoms with Gasteiger partial charge in [-0.25, -0.2) is 9.18 Å². The Balaban J connectivity index is 4.45. The summed E-state index contributed by atoms with van der Waals surface area (Å²) in [5.74, 6) is -1.05. The van der Waals surface area contributed by atoms with Crippen molar-refractivity contribution in [2.75, 3.05) is 6.61 Å². The molecule has 4 heteroatoms. The highest BCUT2D eigenvalue weighted by molar-refractivity contribution is 5.76. The Bertz CT molecular complexity index is 193. The van der Waals surface area contributed by atoms with Crippen LogP contribution in [0.3, 0.4) is 0 Å². The molecule has 2 unspecified atom stereocenters. The molecular formula is C9H15FO3. The number of aliphatic hydroxyl groups is 1. The fourth-order valence-corrected chi connectivity index (χ4v) is 0.847. The smallest absolute Gasteiger partial charge is 0.344 e. The first-order chi connectivity index (χ1) is 6.01. The van der Waals surface area contributed by atoms with Crippen molar-refractivity contribution < 1.29 is 19.0 Å². The summed E-state index contributed by atoms with van der Waals surface area (Å²) in [5, 5.41) is 9.50. The molecule has 76 valence electrons. The molecule has 0 aliphatic carbocycles. The van der Waals surface area contributed by atoms with E-state index in [9.17, 15) is 14.3 Å². The van der Waals surface area contributed by atoms with Gasteiger partial charge in [0.2, 0.25) is 6.17 Å². The van der Waals surface area contributed by atoms with Gasteiger partial charge in [-0.3, -0.25) is 0 Å². The van der Waals surface area contributed by atoms with E-state index in [1.807, 2.05) is 0 Å². The molecule has 13 heavy (non-hydrogen) atoms. The van der Waals surface area contributed by atoms with Gasteiger partial charge in [-0.2, -0.15) is 0 Å². The molecule has 0 radical (unpaired) electrons. The summed E-state index contributed by atoms with van der Waals surface area (Å²) in [6.07, 6.45) is -0.958. The van der Waals surface area contributed by atoms with Crippen LogP contribution in [0.1, 0.15) is 20.3 Å². The van der Waals surface area contributed by atoms with Crippen molar-refractivity contribution in [2.24, 2.45) is 0 Å². The number of hydrogen-bond donors (Lipinski definition) is 1. The van der Waals surface area contributed by atoms with Gasteiger partial charge in [0.25, 0.3) is 0 Å². The third-order valence-corrected chi connectivity index (χ3v) is 1.85. The lowest BCUT2D eigenvalue weighted by Crippen LogP contribution is -2.42. The summed E-state index contributed by atoms with van der Waals surface area (Å²) in [4.78, 5) is 10.9. The third-order valence-electron chi connectivity index (χ3n) is 1.85. The average Bonchev–Trinajstić information content (AvgIpc) is 2.16. The number of hydrogen-bond acceptors (Lipinski definition) is 3. The van der Waals surface area contributed by atoms with Crippen molar-refractivity contribution in [3.05, 3.63) is 12.7 Å². The molecule has 0 rings (SSSR count). The Morgan fingerprint density at radius 3 is 2.62 bits per heavy atom. The fraction of sp³-hybridized carbons (Fsp3) is 0.667. The molecule has 0 aliphatic rings. The van der Waals surface area contributed by atoms with Crippen LogP contribution in [-0.2, 0) is 9.53 Å². The molecule has 0 heterocycles. The van der Waals surface area contributed by atoms with Crippen LogP contribution < -0.4 is 0 Å². The van der Waals surface area contributed by atoms with Crippen LogP contribution in [0.4, 0.5) is 4.39 Å². The summed E-state index contributed by atoms with van der Waals surface area (Å²) in [5.41, 5.74) is -1.81. The van der Waals surface area contributed by atoms with Crippen LogP contribution in [-0.4, -0.2) is 29.5 Å². The summed E-state index contributed by atoms with van der Waals surface area (Å²) >= 11 is 0. The number of ether oxygens (including phenoxy) is 1. The highest BCUT2D eigenvalue weighted by Crippen LogP contribution is 2.20. The van der Waals surface area contributed by atoms with Crippen LogP contribution in [0.5, 0.6) is 0 Å². The molecule has 0 saturated carbocycles. The van der Waals surface area contributed by atoms with Gasteiger partial charge in [0.05, 0.1) is 6.61 Å². The predicted octanol–water partition coefficient (Wildman–Crippen LogP) is 1.21. The topological polar surface area (TPSA) is 46.5 Å². The number of rotatable bonds is 5. The second-order valence-electron chi connectivity index (χ2n) is 2.66. The molecule has 0 aromatic heterocycles. The lowest BCUT2D eigenvalue weighted by atomic mass is 9.95. The van der Waals surface area contributed by atoms with Crippen molar-refractivity contribution in [3.63, 3.8) is 0 Å². The number of halogens is 1. The van der Waals surface area contributed by atoms with E-state index in [2.05, 4.69) is 11.3 Å². The molecule has 0 spiro atoms. The number of carbonyl (C=O) groups is 1. The van der Waals surface area contributed by atoms with Gasteiger partial charge in [-0.15, -0.1) is 6.58 Å². The van der Waals surface area contributed by atoms with Gasteiger partial charge < -0.3 is 9.84 Å². The monoisotopic (exact) mass is 190 g/mol. The molecular weight excluding hydrogens is 175 g/mol. The normalized spacial score (nSPS) is 17.2. The van der Waals surface area contributed by atoms with Crippen molar-refractivity contribution in [2.45, 2.75) is 32.0 Å². The molecule has 0 amide bonds. The predicted molar refractivity (Wildman–Crippen MR) is 47.0 cm³/mol. The van der Waals surface area contributed by atoms with Crippen LogP contribution in [0.15, 0.2) is 12.7 Å². The van der Waals surface area contributed by atoms with E-state index in [0.717, 1.165) is 6.08 Å². The van der Waals surface area contributed by atoms with E-state index in [0.29, 0.717) is 0 Å². The van der Waals surface area contributed by atoms with Gasteiger partial charge in [-0.05, 0) is 13.3 Å². The SMILES string of the molecule is C=CC(O)(CC)C(F)C(=O)OCC. The van der Waals surface area contributed by atoms with E-state index in [-0.39, 0.29) is 13.0 Å². The van der Waals surface area contributed by atoms with E-state index in [4.69, 9.17) is 0 Å². The standard InChI is InChI=1S/C9H15FO3/c1-4-9(12,5-2)7(10)8(11)13-6-3/h4,7,12H,1,5-6H2,2-3H3. The van der Waals surface area contributed by atoms with Gasteiger partial charge >= 0.3 is 5.97 Å². The maximum absolute atomic E-state index is 13.2. The third kappa shape index (κ3) is 2.81. The Morgan fingerprint density at radius 2 is 2.31 bits per heavy atom. The minimum Gasteiger partial charge on any atom is -0.464 e. The van der Waals surface area contributed by atoms with Gasteiger partial charge in [0.15, 0.2) is 0 Å². The molecule has 2 atom stereocenters. The van der Waals surface area contributed by atoms with Crippen molar-refractivity contribution >= 4 is 5.97 Å². The first kappa shape index (κ1) is 12.1. The summed E-state index contributed by atoms with van der Waals surface area (Å²) < 4.78 is 17.7. The van der Waals surface area contributed by atoms with Gasteiger partial charge in [0, 0.05) is 0 Å². The molecule has 1 N–H and O–H groups in total. The first-order valence-electron chi connectivity index (χ1n) is 4.18. The Kier molecular flexibility index (Phi) is 4.62. The van der Waals surface area contributed by atoms with Crippen LogP contribution in [0.2, 0.25) is 0 Å². The van der Waals surface area contributed by atoms with Crippen LogP contribution in [0.25, 0.3) is 0 Å². The molecule has 0 aliphatic heterocycles. The molecule has 0 saturated heterocycles. The molecule has 0 aromatic rings. The maximum atomic E-state index is 13.2. The Morgan fingerprint density at radius 1 is 1.77 bits per heavy atom. The second kappa shape index (κ2) is 4.97. The molecule has 0 bridgehead atoms.